The summed E-state index contributed by atoms with van der Waals surface area (Å²) in [5, 5.41) is 3.11. The number of hydrogen-bond donors (Lipinski definition) is 0. The number of nitrogens with zero attached hydrogens (tertiary/aromatic N) is 4. The quantitative estimate of drug-likeness (QED) is 0.197. The van der Waals surface area contributed by atoms with Crippen LogP contribution in [0.4, 0.5) is 0 Å². The van der Waals surface area contributed by atoms with E-state index >= 15 is 0 Å². The first-order chi connectivity index (χ1) is 20.3. The van der Waals surface area contributed by atoms with Gasteiger partial charge in [-0.3, -0.25) is 9.80 Å². The van der Waals surface area contributed by atoms with E-state index in [0.717, 1.165) is 5.67 Å². The molecule has 2 fully saturated rings. The van der Waals surface area contributed by atoms with Gasteiger partial charge in [0.05, 0.1) is 12.1 Å². The van der Waals surface area contributed by atoms with Gasteiger partial charge in [-0.25, -0.2) is 0 Å². The molecule has 0 bridgehead atoms. The molecule has 0 radical (unpaired) electrons. The van der Waals surface area contributed by atoms with Gasteiger partial charge in [-0.05, 0) is 90.6 Å². The fourth-order valence-electron chi connectivity index (χ4n) is 8.80. The molecule has 4 aliphatic rings. The fraction of sp³-hybridized carbons (Fsp3) is 0.488. The summed E-state index contributed by atoms with van der Waals surface area (Å²) in [4.78, 5) is 17.2. The van der Waals surface area contributed by atoms with Gasteiger partial charge in [0.25, 0.3) is 0 Å². The van der Waals surface area contributed by atoms with Gasteiger partial charge >= 0.3 is 43.4 Å². The molecule has 2 heterocycles. The van der Waals surface area contributed by atoms with Crippen LogP contribution in [0.2, 0.25) is 18.8 Å². The standard InChI is InChI=1S/C37H54N4Si2.6CH3.2Ti/c1-36(2,3)38-42(7,34-25-32(40-21-13-14-22-40)28-17-9-11-19-30(28)34)27-43(8,39-37(4,5)6)35-26-33(41-23-15-16-24-41)29-18-10-12-20-31(29)35;;;;;;;;/h9-12,17-20,25-26,32-33H,13-16,21-24,27H2,1-8H3;6*1H3;;/q-2;6*-1;2*+4. The van der Waals surface area contributed by atoms with E-state index in [0.29, 0.717) is 12.1 Å². The summed E-state index contributed by atoms with van der Waals surface area (Å²) in [6, 6.07) is 19.3. The van der Waals surface area contributed by atoms with Gasteiger partial charge in [0, 0.05) is 0 Å². The van der Waals surface area contributed by atoms with E-state index < -0.39 is 16.5 Å². The van der Waals surface area contributed by atoms with E-state index in [1.54, 1.807) is 10.4 Å². The Balaban J connectivity index is -0.00000288. The Morgan fingerprint density at radius 3 is 1.14 bits per heavy atom. The molecule has 4 atom stereocenters. The Morgan fingerprint density at radius 1 is 0.549 bits per heavy atom. The molecular weight excluding hydrogens is 724 g/mol. The molecule has 0 spiro atoms. The number of benzene rings is 2. The Kier molecular flexibility index (Phi) is 22.7. The predicted octanol–water partition coefficient (Wildman–Crippen LogP) is 12.3. The second-order valence-corrected chi connectivity index (χ2v) is 24.0. The van der Waals surface area contributed by atoms with Crippen molar-refractivity contribution in [1.82, 2.24) is 9.80 Å². The van der Waals surface area contributed by atoms with E-state index in [4.69, 9.17) is 9.96 Å². The van der Waals surface area contributed by atoms with E-state index in [-0.39, 0.29) is 99.1 Å². The summed E-state index contributed by atoms with van der Waals surface area (Å²) >= 11 is 0. The van der Waals surface area contributed by atoms with Gasteiger partial charge in [-0.2, -0.15) is 0 Å². The van der Waals surface area contributed by atoms with Crippen LogP contribution in [-0.2, 0) is 43.4 Å². The van der Waals surface area contributed by atoms with Crippen LogP contribution in [-0.4, -0.2) is 63.5 Å². The Hall–Kier alpha value is -0.378. The van der Waals surface area contributed by atoms with Crippen LogP contribution in [0.25, 0.3) is 20.4 Å². The van der Waals surface area contributed by atoms with E-state index in [1.807, 2.05) is 0 Å². The maximum absolute atomic E-state index is 5.91. The van der Waals surface area contributed by atoms with Gasteiger partial charge < -0.3 is 54.5 Å². The molecular formula is C43H72N4Si2Ti2. The average Bonchev–Trinajstić information content (AvgIpc) is 3.71. The van der Waals surface area contributed by atoms with Gasteiger partial charge in [0.2, 0.25) is 0 Å². The number of fused-ring (bicyclic) bond motifs is 2. The van der Waals surface area contributed by atoms with Crippen molar-refractivity contribution in [3.8, 4) is 0 Å². The van der Waals surface area contributed by atoms with Gasteiger partial charge in [0.1, 0.15) is 0 Å². The van der Waals surface area contributed by atoms with Crippen LogP contribution in [0.1, 0.15) is 102 Å². The van der Waals surface area contributed by atoms with Crippen molar-refractivity contribution in [3.63, 3.8) is 0 Å². The third-order valence-corrected chi connectivity index (χ3v) is 20.9. The van der Waals surface area contributed by atoms with Gasteiger partial charge in [-0.15, -0.1) is 11.1 Å². The summed E-state index contributed by atoms with van der Waals surface area (Å²) in [5.41, 5.74) is 6.80. The van der Waals surface area contributed by atoms with Crippen LogP contribution < -0.4 is 0 Å². The Morgan fingerprint density at radius 2 is 0.843 bits per heavy atom. The number of hydrogen-bond acceptors (Lipinski definition) is 2. The van der Waals surface area contributed by atoms with E-state index in [9.17, 15) is 0 Å². The molecule has 2 aromatic rings. The molecule has 2 aliphatic heterocycles. The molecule has 4 unspecified atom stereocenters. The number of rotatable bonds is 8. The first-order valence-electron chi connectivity index (χ1n) is 16.9. The Bertz CT molecular complexity index is 1300. The molecule has 8 heteroatoms. The van der Waals surface area contributed by atoms with Crippen molar-refractivity contribution < 1.29 is 43.4 Å². The first-order valence-corrected chi connectivity index (χ1v) is 22.2. The molecule has 51 heavy (non-hydrogen) atoms. The maximum Gasteiger partial charge on any atom is 4.00 e. The first kappa shape index (κ1) is 55.0. The minimum absolute atomic E-state index is 0. The molecule has 6 rings (SSSR count). The predicted molar refractivity (Wildman–Crippen MR) is 229 cm³/mol. The third-order valence-electron chi connectivity index (χ3n) is 9.87. The summed E-state index contributed by atoms with van der Waals surface area (Å²) in [5.74, 6) is 0. The molecule has 280 valence electrons. The van der Waals surface area contributed by atoms with Gasteiger partial charge in [-0.1, -0.05) is 131 Å². The minimum atomic E-state index is -2.40. The summed E-state index contributed by atoms with van der Waals surface area (Å²) in [6.45, 7) is 23.8. The van der Waals surface area contributed by atoms with Crippen LogP contribution in [0.15, 0.2) is 60.7 Å². The summed E-state index contributed by atoms with van der Waals surface area (Å²) in [6.07, 6.45) is 10.6. The van der Waals surface area contributed by atoms with Crippen LogP contribution in [0.3, 0.4) is 0 Å². The molecule has 0 saturated carbocycles. The SMILES string of the molecule is CC(C)(C)[N-][Si](C)(C[Si](C)([N-]C(C)(C)C)C1=CC(N2CCCC2)c2ccccc21)C1=CC(N2CCCC2)c2ccccc21.[CH3-].[CH3-].[CH3-].[CH3-].[CH3-].[CH3-].[Ti+4].[Ti+4]. The Labute approximate surface area is 350 Å². The largest absolute Gasteiger partial charge is 4.00 e. The maximum atomic E-state index is 5.91. The zero-order valence-corrected chi connectivity index (χ0v) is 40.2. The molecule has 2 aliphatic carbocycles. The monoisotopic (exact) mass is 796 g/mol. The smallest absolute Gasteiger partial charge is 0.656 e. The second-order valence-electron chi connectivity index (χ2n) is 16.0. The third kappa shape index (κ3) is 11.8. The molecule has 2 saturated heterocycles. The van der Waals surface area contributed by atoms with Crippen LogP contribution in [0, 0.1) is 44.6 Å². The van der Waals surface area contributed by atoms with Crippen molar-refractivity contribution in [1.29, 1.82) is 0 Å². The van der Waals surface area contributed by atoms with E-state index in [1.165, 1.54) is 74.1 Å². The van der Waals surface area contributed by atoms with E-state index in [2.05, 4.69) is 125 Å². The van der Waals surface area contributed by atoms with Crippen molar-refractivity contribution in [2.45, 2.75) is 109 Å². The topological polar surface area (TPSA) is 34.7 Å². The molecule has 0 aromatic heterocycles. The van der Waals surface area contributed by atoms with Crippen LogP contribution >= 0.6 is 0 Å². The van der Waals surface area contributed by atoms with Crippen LogP contribution in [0.5, 0.6) is 0 Å². The molecule has 2 aromatic carbocycles. The molecule has 4 nitrogen and oxygen atoms in total. The number of likely N-dealkylation sites (tertiary alicyclic amines) is 2. The summed E-state index contributed by atoms with van der Waals surface area (Å²) in [7, 11) is -4.80. The van der Waals surface area contributed by atoms with Gasteiger partial charge in [0.15, 0.2) is 0 Å². The molecule has 0 amide bonds. The zero-order valence-electron chi connectivity index (χ0n) is 35.1. The van der Waals surface area contributed by atoms with Crippen molar-refractivity contribution in [3.05, 3.63) is 137 Å². The summed E-state index contributed by atoms with van der Waals surface area (Å²) < 4.78 is 0. The fourth-order valence-corrected chi connectivity index (χ4v) is 22.2. The second kappa shape index (κ2) is 21.1. The normalized spacial score (nSPS) is 21.6. The van der Waals surface area contributed by atoms with Crippen molar-refractivity contribution >= 4 is 26.9 Å². The van der Waals surface area contributed by atoms with Crippen molar-refractivity contribution in [2.75, 3.05) is 26.2 Å². The zero-order chi connectivity index (χ0) is 30.6. The molecule has 0 N–H and O–H groups in total. The average molecular weight is 797 g/mol. The minimum Gasteiger partial charge on any atom is -0.656 e. The van der Waals surface area contributed by atoms with Crippen molar-refractivity contribution in [2.24, 2.45) is 0 Å².